The first-order chi connectivity index (χ1) is 9.67. The third-order valence-electron chi connectivity index (χ3n) is 3.21. The van der Waals surface area contributed by atoms with Gasteiger partial charge in [0.1, 0.15) is 0 Å². The highest BCUT2D eigenvalue weighted by molar-refractivity contribution is 9.08. The molecule has 0 spiro atoms. The molecule has 2 aromatic carbocycles. The Balaban J connectivity index is 2.10. The smallest absolute Gasteiger partial charge is 0.270 e. The van der Waals surface area contributed by atoms with Gasteiger partial charge in [-0.2, -0.15) is 0 Å². The first-order valence-corrected chi connectivity index (χ1v) is 7.22. The lowest BCUT2D eigenvalue weighted by molar-refractivity contribution is -0.384. The van der Waals surface area contributed by atoms with Crippen molar-refractivity contribution in [2.75, 3.05) is 0 Å². The van der Waals surface area contributed by atoms with Crippen LogP contribution < -0.4 is 0 Å². The Bertz CT molecular complexity index is 795. The van der Waals surface area contributed by atoms with Crippen LogP contribution in [0.3, 0.4) is 0 Å². The summed E-state index contributed by atoms with van der Waals surface area (Å²) in [5.41, 5.74) is 4.23. The molecule has 1 heterocycles. The van der Waals surface area contributed by atoms with E-state index >= 15 is 0 Å². The number of fused-ring (bicyclic) bond motifs is 1. The maximum Gasteiger partial charge on any atom is 0.270 e. The van der Waals surface area contributed by atoms with Crippen LogP contribution in [0.25, 0.3) is 22.2 Å². The molecule has 0 aliphatic rings. The van der Waals surface area contributed by atoms with E-state index in [1.165, 1.54) is 11.6 Å². The number of rotatable bonds is 3. The number of hydrogen-bond acceptors (Lipinski definition) is 2. The van der Waals surface area contributed by atoms with Crippen molar-refractivity contribution in [2.45, 2.75) is 5.33 Å². The van der Waals surface area contributed by atoms with Gasteiger partial charge in [-0.25, -0.2) is 0 Å². The van der Waals surface area contributed by atoms with Gasteiger partial charge in [0.15, 0.2) is 0 Å². The minimum atomic E-state index is -0.377. The van der Waals surface area contributed by atoms with E-state index < -0.39 is 0 Å². The second-order valence-corrected chi connectivity index (χ2v) is 5.11. The number of nitro groups is 1. The predicted octanol–water partition coefficient (Wildman–Crippen LogP) is 4.64. The van der Waals surface area contributed by atoms with Gasteiger partial charge in [-0.15, -0.1) is 0 Å². The number of nitrogens with one attached hydrogen (secondary N) is 1. The predicted molar refractivity (Wildman–Crippen MR) is 83.0 cm³/mol. The number of benzene rings is 2. The Morgan fingerprint density at radius 1 is 1.15 bits per heavy atom. The lowest BCUT2D eigenvalue weighted by atomic mass is 10.1. The van der Waals surface area contributed by atoms with Crippen LogP contribution in [0.2, 0.25) is 0 Å². The van der Waals surface area contributed by atoms with Gasteiger partial charge in [0.2, 0.25) is 0 Å². The Hall–Kier alpha value is -2.14. The standard InChI is InChI=1S/C15H11BrN2O2/c16-9-10-2-1-3-11(6-10)15-8-12-7-13(18(19)20)4-5-14(12)17-15/h1-8,17H,9H2. The quantitative estimate of drug-likeness (QED) is 0.432. The summed E-state index contributed by atoms with van der Waals surface area (Å²) >= 11 is 3.44. The fraction of sp³-hybridized carbons (Fsp3) is 0.0667. The molecule has 0 radical (unpaired) electrons. The molecule has 3 aromatic rings. The number of H-pyrrole nitrogens is 1. The van der Waals surface area contributed by atoms with Crippen molar-refractivity contribution in [3.05, 3.63) is 64.2 Å². The third-order valence-corrected chi connectivity index (χ3v) is 3.85. The summed E-state index contributed by atoms with van der Waals surface area (Å²) in [5, 5.41) is 12.4. The molecular weight excluding hydrogens is 320 g/mol. The zero-order valence-corrected chi connectivity index (χ0v) is 12.1. The Kier molecular flexibility index (Phi) is 3.28. The van der Waals surface area contributed by atoms with Crippen LogP contribution >= 0.6 is 15.9 Å². The molecular formula is C15H11BrN2O2. The van der Waals surface area contributed by atoms with Crippen molar-refractivity contribution in [2.24, 2.45) is 0 Å². The highest BCUT2D eigenvalue weighted by Gasteiger charge is 2.09. The van der Waals surface area contributed by atoms with Crippen LogP contribution in [0, 0.1) is 10.1 Å². The van der Waals surface area contributed by atoms with Gasteiger partial charge in [0.25, 0.3) is 5.69 Å². The number of nitro benzene ring substituents is 1. The van der Waals surface area contributed by atoms with E-state index in [1.807, 2.05) is 24.3 Å². The largest absolute Gasteiger partial charge is 0.355 e. The van der Waals surface area contributed by atoms with Crippen molar-refractivity contribution in [3.8, 4) is 11.3 Å². The van der Waals surface area contributed by atoms with Gasteiger partial charge >= 0.3 is 0 Å². The van der Waals surface area contributed by atoms with Crippen LogP contribution in [0.1, 0.15) is 5.56 Å². The molecule has 0 atom stereocenters. The maximum absolute atomic E-state index is 10.8. The van der Waals surface area contributed by atoms with E-state index in [0.29, 0.717) is 0 Å². The van der Waals surface area contributed by atoms with E-state index in [4.69, 9.17) is 0 Å². The molecule has 20 heavy (non-hydrogen) atoms. The molecule has 0 bridgehead atoms. The zero-order chi connectivity index (χ0) is 14.1. The molecule has 0 saturated heterocycles. The molecule has 0 fully saturated rings. The number of hydrogen-bond donors (Lipinski definition) is 1. The molecule has 0 aliphatic carbocycles. The summed E-state index contributed by atoms with van der Waals surface area (Å²) < 4.78 is 0. The van der Waals surface area contributed by atoms with Crippen molar-refractivity contribution >= 4 is 32.5 Å². The van der Waals surface area contributed by atoms with E-state index in [9.17, 15) is 10.1 Å². The number of aromatic nitrogens is 1. The van der Waals surface area contributed by atoms with Gasteiger partial charge in [-0.05, 0) is 29.3 Å². The van der Waals surface area contributed by atoms with Crippen LogP contribution in [-0.4, -0.2) is 9.91 Å². The SMILES string of the molecule is O=[N+]([O-])c1ccc2[nH]c(-c3cccc(CBr)c3)cc2c1. The first kappa shape index (κ1) is 12.9. The Morgan fingerprint density at radius 3 is 2.75 bits per heavy atom. The van der Waals surface area contributed by atoms with E-state index in [-0.39, 0.29) is 10.6 Å². The fourth-order valence-corrected chi connectivity index (χ4v) is 2.56. The normalized spacial score (nSPS) is 10.8. The third kappa shape index (κ3) is 2.32. The number of non-ortho nitro benzene ring substituents is 1. The average molecular weight is 331 g/mol. The summed E-state index contributed by atoms with van der Waals surface area (Å²) in [4.78, 5) is 13.7. The summed E-state index contributed by atoms with van der Waals surface area (Å²) in [7, 11) is 0. The van der Waals surface area contributed by atoms with Gasteiger partial charge in [-0.1, -0.05) is 34.1 Å². The average Bonchev–Trinajstić information content (AvgIpc) is 2.90. The van der Waals surface area contributed by atoms with Gasteiger partial charge in [0, 0.05) is 34.1 Å². The molecule has 0 saturated carbocycles. The lowest BCUT2D eigenvalue weighted by Crippen LogP contribution is -1.86. The molecule has 0 unspecified atom stereocenters. The molecule has 5 heteroatoms. The monoisotopic (exact) mass is 330 g/mol. The molecule has 3 rings (SSSR count). The van der Waals surface area contributed by atoms with Crippen molar-refractivity contribution in [3.63, 3.8) is 0 Å². The molecule has 0 amide bonds. The first-order valence-electron chi connectivity index (χ1n) is 6.10. The molecule has 0 aliphatic heterocycles. The number of nitrogens with zero attached hydrogens (tertiary/aromatic N) is 1. The second-order valence-electron chi connectivity index (χ2n) is 4.55. The van der Waals surface area contributed by atoms with Crippen molar-refractivity contribution < 1.29 is 4.92 Å². The molecule has 1 aromatic heterocycles. The summed E-state index contributed by atoms with van der Waals surface area (Å²) in [5.74, 6) is 0. The molecule has 100 valence electrons. The minimum absolute atomic E-state index is 0.109. The molecule has 1 N–H and O–H groups in total. The number of alkyl halides is 1. The van der Waals surface area contributed by atoms with Crippen molar-refractivity contribution in [1.29, 1.82) is 0 Å². The van der Waals surface area contributed by atoms with Crippen LogP contribution in [0.4, 0.5) is 5.69 Å². The number of aromatic amines is 1. The highest BCUT2D eigenvalue weighted by atomic mass is 79.9. The fourth-order valence-electron chi connectivity index (χ4n) is 2.21. The Labute approximate surface area is 123 Å². The topological polar surface area (TPSA) is 58.9 Å². The van der Waals surface area contributed by atoms with Crippen molar-refractivity contribution in [1.82, 2.24) is 4.98 Å². The number of halogens is 1. The Morgan fingerprint density at radius 2 is 2.00 bits per heavy atom. The summed E-state index contributed by atoms with van der Waals surface area (Å²) in [6, 6.07) is 14.9. The van der Waals surface area contributed by atoms with Crippen LogP contribution in [-0.2, 0) is 5.33 Å². The van der Waals surface area contributed by atoms with Gasteiger partial charge in [0.05, 0.1) is 4.92 Å². The minimum Gasteiger partial charge on any atom is -0.355 e. The lowest BCUT2D eigenvalue weighted by Gasteiger charge is -2.00. The summed E-state index contributed by atoms with van der Waals surface area (Å²) in [6.45, 7) is 0. The highest BCUT2D eigenvalue weighted by Crippen LogP contribution is 2.27. The van der Waals surface area contributed by atoms with E-state index in [0.717, 1.165) is 27.5 Å². The van der Waals surface area contributed by atoms with Crippen LogP contribution in [0.15, 0.2) is 48.5 Å². The van der Waals surface area contributed by atoms with Gasteiger partial charge < -0.3 is 4.98 Å². The molecule has 4 nitrogen and oxygen atoms in total. The second kappa shape index (κ2) is 5.09. The maximum atomic E-state index is 10.8. The van der Waals surface area contributed by atoms with Crippen LogP contribution in [0.5, 0.6) is 0 Å². The summed E-state index contributed by atoms with van der Waals surface area (Å²) in [6.07, 6.45) is 0. The van der Waals surface area contributed by atoms with Gasteiger partial charge in [-0.3, -0.25) is 10.1 Å². The van der Waals surface area contributed by atoms with E-state index in [1.54, 1.807) is 12.1 Å². The van der Waals surface area contributed by atoms with E-state index in [2.05, 4.69) is 27.0 Å². The zero-order valence-electron chi connectivity index (χ0n) is 10.5.